The summed E-state index contributed by atoms with van der Waals surface area (Å²) in [5.41, 5.74) is 1.46. The van der Waals surface area contributed by atoms with E-state index in [1.165, 1.54) is 17.8 Å². The summed E-state index contributed by atoms with van der Waals surface area (Å²) in [5, 5.41) is 22.8. The van der Waals surface area contributed by atoms with E-state index in [0.29, 0.717) is 29.2 Å². The lowest BCUT2D eigenvalue weighted by molar-refractivity contribution is -0.387. The molecule has 1 heterocycles. The minimum atomic E-state index is -0.438. The summed E-state index contributed by atoms with van der Waals surface area (Å²) in [6.45, 7) is 1.94. The maximum Gasteiger partial charge on any atom is 0.284 e. The summed E-state index contributed by atoms with van der Waals surface area (Å²) in [7, 11) is 0. The monoisotopic (exact) mass is 296 g/mol. The number of fused-ring (bicyclic) bond motifs is 1. The summed E-state index contributed by atoms with van der Waals surface area (Å²) in [6, 6.07) is 3.21. The van der Waals surface area contributed by atoms with Gasteiger partial charge in [-0.15, -0.1) is 11.8 Å². The number of nitrogens with zero attached hydrogens (tertiary/aromatic N) is 1. The van der Waals surface area contributed by atoms with E-state index in [1.807, 2.05) is 6.92 Å². The van der Waals surface area contributed by atoms with Gasteiger partial charge in [0.15, 0.2) is 0 Å². The van der Waals surface area contributed by atoms with Crippen molar-refractivity contribution in [2.75, 3.05) is 17.7 Å². The number of aliphatic hydroxyl groups is 1. The summed E-state index contributed by atoms with van der Waals surface area (Å²) < 4.78 is 0. The zero-order chi connectivity index (χ0) is 14.7. The first-order valence-electron chi connectivity index (χ1n) is 6.36. The zero-order valence-corrected chi connectivity index (χ0v) is 11.9. The third-order valence-corrected chi connectivity index (χ3v) is 4.49. The Kier molecular flexibility index (Phi) is 4.61. The molecule has 1 aromatic carbocycles. The van der Waals surface area contributed by atoms with Crippen molar-refractivity contribution in [2.45, 2.75) is 24.7 Å². The van der Waals surface area contributed by atoms with Gasteiger partial charge in [0.2, 0.25) is 5.91 Å². The van der Waals surface area contributed by atoms with Gasteiger partial charge in [-0.3, -0.25) is 14.9 Å². The Labute approximate surface area is 120 Å². The maximum atomic E-state index is 11.3. The predicted molar refractivity (Wildman–Crippen MR) is 77.0 cm³/mol. The van der Waals surface area contributed by atoms with Gasteiger partial charge in [0.1, 0.15) is 0 Å². The Balaban J connectivity index is 2.30. The van der Waals surface area contributed by atoms with E-state index in [0.717, 1.165) is 5.56 Å². The van der Waals surface area contributed by atoms with Crippen LogP contribution in [-0.4, -0.2) is 28.3 Å². The van der Waals surface area contributed by atoms with E-state index in [1.54, 1.807) is 6.07 Å². The van der Waals surface area contributed by atoms with Gasteiger partial charge < -0.3 is 10.4 Å². The molecule has 0 spiro atoms. The number of hydrogen-bond acceptors (Lipinski definition) is 5. The molecule has 2 rings (SSSR count). The highest BCUT2D eigenvalue weighted by Crippen LogP contribution is 2.37. The van der Waals surface area contributed by atoms with Crippen LogP contribution in [0.25, 0.3) is 0 Å². The quantitative estimate of drug-likeness (QED) is 0.493. The minimum absolute atomic E-state index is 0.00101. The first kappa shape index (κ1) is 14.8. The predicted octanol–water partition coefficient (Wildman–Crippen LogP) is 2.20. The van der Waals surface area contributed by atoms with Crippen LogP contribution in [0.5, 0.6) is 0 Å². The molecular formula is C13H16N2O4S. The highest BCUT2D eigenvalue weighted by Gasteiger charge is 2.23. The van der Waals surface area contributed by atoms with Crippen LogP contribution < -0.4 is 5.32 Å². The fourth-order valence-electron chi connectivity index (χ4n) is 1.94. The fourth-order valence-corrected chi connectivity index (χ4v) is 3.01. The van der Waals surface area contributed by atoms with Crippen LogP contribution in [0.1, 0.15) is 18.9 Å². The Hall–Kier alpha value is -1.60. The lowest BCUT2D eigenvalue weighted by Crippen LogP contribution is -2.19. The molecule has 0 fully saturated rings. The third-order valence-electron chi connectivity index (χ3n) is 3.11. The molecule has 0 radical (unpaired) electrons. The first-order valence-corrected chi connectivity index (χ1v) is 7.34. The van der Waals surface area contributed by atoms with Crippen LogP contribution >= 0.6 is 11.8 Å². The molecule has 1 aliphatic rings. The summed E-state index contributed by atoms with van der Waals surface area (Å²) in [6.07, 6.45) is 1.00. The number of thioether (sulfide) groups is 1. The van der Waals surface area contributed by atoms with Crippen LogP contribution in [0.4, 0.5) is 11.4 Å². The molecule has 0 saturated carbocycles. The van der Waals surface area contributed by atoms with E-state index in [-0.39, 0.29) is 24.1 Å². The molecule has 0 aromatic heterocycles. The van der Waals surface area contributed by atoms with Gasteiger partial charge in [0.25, 0.3) is 5.69 Å². The molecule has 1 unspecified atom stereocenters. The minimum Gasteiger partial charge on any atom is -0.396 e. The molecule has 0 aliphatic carbocycles. The van der Waals surface area contributed by atoms with Crippen LogP contribution in [0, 0.1) is 16.0 Å². The molecule has 2 N–H and O–H groups in total. The maximum absolute atomic E-state index is 11.3. The van der Waals surface area contributed by atoms with Crippen molar-refractivity contribution < 1.29 is 14.8 Å². The molecule has 108 valence electrons. The molecule has 1 aliphatic heterocycles. The highest BCUT2D eigenvalue weighted by atomic mass is 32.2. The number of carbonyl (C=O) groups excluding carboxylic acids is 1. The van der Waals surface area contributed by atoms with Crippen molar-refractivity contribution in [3.8, 4) is 0 Å². The molecule has 0 saturated heterocycles. The number of benzene rings is 1. The normalized spacial score (nSPS) is 15.4. The van der Waals surface area contributed by atoms with Crippen molar-refractivity contribution in [3.63, 3.8) is 0 Å². The molecule has 1 amide bonds. The van der Waals surface area contributed by atoms with Crippen molar-refractivity contribution in [1.29, 1.82) is 0 Å². The zero-order valence-electron chi connectivity index (χ0n) is 11.1. The van der Waals surface area contributed by atoms with E-state index in [9.17, 15) is 14.9 Å². The van der Waals surface area contributed by atoms with Gasteiger partial charge in [-0.25, -0.2) is 0 Å². The summed E-state index contributed by atoms with van der Waals surface area (Å²) >= 11 is 1.37. The van der Waals surface area contributed by atoms with Gasteiger partial charge in [-0.05, 0) is 24.0 Å². The Morgan fingerprint density at radius 3 is 2.90 bits per heavy atom. The number of aliphatic hydroxyl groups excluding tert-OH is 1. The molecule has 1 aromatic rings. The largest absolute Gasteiger partial charge is 0.396 e. The van der Waals surface area contributed by atoms with E-state index in [2.05, 4.69) is 5.32 Å². The Bertz CT molecular complexity index is 547. The Morgan fingerprint density at radius 2 is 2.25 bits per heavy atom. The van der Waals surface area contributed by atoms with Crippen molar-refractivity contribution in [3.05, 3.63) is 27.8 Å². The van der Waals surface area contributed by atoms with Crippen molar-refractivity contribution in [1.82, 2.24) is 0 Å². The lowest BCUT2D eigenvalue weighted by atomic mass is 10.0. The smallest absolute Gasteiger partial charge is 0.284 e. The molecule has 0 bridgehead atoms. The van der Waals surface area contributed by atoms with Crippen molar-refractivity contribution in [2.24, 2.45) is 5.92 Å². The second-order valence-corrected chi connectivity index (χ2v) is 5.94. The number of hydrogen-bond donors (Lipinski definition) is 2. The fraction of sp³-hybridized carbons (Fsp3) is 0.462. The van der Waals surface area contributed by atoms with Gasteiger partial charge in [0.05, 0.1) is 15.5 Å². The molecule has 1 atom stereocenters. The first-order chi connectivity index (χ1) is 9.51. The van der Waals surface area contributed by atoms with Gasteiger partial charge >= 0.3 is 0 Å². The topological polar surface area (TPSA) is 92.5 Å². The second kappa shape index (κ2) is 6.23. The average molecular weight is 296 g/mol. The lowest BCUT2D eigenvalue weighted by Gasteiger charge is -2.18. The number of amides is 1. The summed E-state index contributed by atoms with van der Waals surface area (Å²) in [5.74, 6) is 0.583. The third kappa shape index (κ3) is 3.29. The van der Waals surface area contributed by atoms with Gasteiger partial charge in [-0.1, -0.05) is 6.92 Å². The standard InChI is InChI=1S/C13H16N2O4S/c1-8(6-16)7-20-12-4-9-2-3-13(17)14-10(9)5-11(12)15(18)19/h4-5,8,16H,2-3,6-7H2,1H3,(H,14,17). The van der Waals surface area contributed by atoms with Crippen molar-refractivity contribution >= 4 is 29.0 Å². The molecular weight excluding hydrogens is 280 g/mol. The molecule has 6 nitrogen and oxygen atoms in total. The van der Waals surface area contributed by atoms with Crippen LogP contribution in [-0.2, 0) is 11.2 Å². The molecule has 20 heavy (non-hydrogen) atoms. The number of anilines is 1. The van der Waals surface area contributed by atoms with Gasteiger partial charge in [-0.2, -0.15) is 0 Å². The number of carbonyl (C=O) groups is 1. The average Bonchev–Trinajstić information content (AvgIpc) is 2.43. The SMILES string of the molecule is CC(CO)CSc1cc2c(cc1[N+](=O)[O-])NC(=O)CC2. The number of aryl methyl sites for hydroxylation is 1. The number of nitro groups is 1. The van der Waals surface area contributed by atoms with E-state index in [4.69, 9.17) is 5.11 Å². The molecule has 7 heteroatoms. The summed E-state index contributed by atoms with van der Waals surface area (Å²) in [4.78, 5) is 22.6. The number of rotatable bonds is 5. The van der Waals surface area contributed by atoms with Gasteiger partial charge in [0, 0.05) is 24.8 Å². The van der Waals surface area contributed by atoms with E-state index >= 15 is 0 Å². The van der Waals surface area contributed by atoms with Crippen LogP contribution in [0.15, 0.2) is 17.0 Å². The highest BCUT2D eigenvalue weighted by molar-refractivity contribution is 7.99. The van der Waals surface area contributed by atoms with Crippen LogP contribution in [0.2, 0.25) is 0 Å². The number of nitro benzene ring substituents is 1. The second-order valence-electron chi connectivity index (χ2n) is 4.88. The Morgan fingerprint density at radius 1 is 1.50 bits per heavy atom. The van der Waals surface area contributed by atoms with Crippen LogP contribution in [0.3, 0.4) is 0 Å². The van der Waals surface area contributed by atoms with E-state index < -0.39 is 4.92 Å². The number of nitrogens with one attached hydrogen (secondary N) is 1.